The van der Waals surface area contributed by atoms with E-state index in [1.165, 1.54) is 30.3 Å². The number of carbonyl (C=O) groups excluding carboxylic acids is 2. The molecule has 2 aromatic carbocycles. The Balaban J connectivity index is 1.88. The van der Waals surface area contributed by atoms with Gasteiger partial charge in [0.25, 0.3) is 11.6 Å². The summed E-state index contributed by atoms with van der Waals surface area (Å²) < 4.78 is 0. The van der Waals surface area contributed by atoms with Crippen molar-refractivity contribution < 1.29 is 14.5 Å². The van der Waals surface area contributed by atoms with E-state index in [2.05, 4.69) is 5.32 Å². The first-order chi connectivity index (χ1) is 11.1. The molecular formula is C16H11N3O4. The van der Waals surface area contributed by atoms with E-state index < -0.39 is 16.9 Å². The molecule has 7 heteroatoms. The van der Waals surface area contributed by atoms with E-state index in [-0.39, 0.29) is 11.4 Å². The molecule has 0 radical (unpaired) electrons. The Labute approximate surface area is 131 Å². The number of anilines is 1. The Bertz CT molecular complexity index is 813. The van der Waals surface area contributed by atoms with Crippen LogP contribution in [-0.2, 0) is 4.79 Å². The molecule has 0 atom stereocenters. The lowest BCUT2D eigenvalue weighted by atomic mass is 10.1. The number of imide groups is 1. The van der Waals surface area contributed by atoms with Gasteiger partial charge in [-0.05, 0) is 35.9 Å². The van der Waals surface area contributed by atoms with Gasteiger partial charge in [0.1, 0.15) is 5.70 Å². The Morgan fingerprint density at radius 2 is 1.65 bits per heavy atom. The van der Waals surface area contributed by atoms with Crippen molar-refractivity contribution in [2.45, 2.75) is 0 Å². The van der Waals surface area contributed by atoms with Gasteiger partial charge in [0.05, 0.1) is 10.6 Å². The maximum atomic E-state index is 12.4. The molecule has 0 spiro atoms. The van der Waals surface area contributed by atoms with Gasteiger partial charge in [0.2, 0.25) is 0 Å². The molecule has 0 aliphatic carbocycles. The predicted molar refractivity (Wildman–Crippen MR) is 83.5 cm³/mol. The molecule has 0 saturated carbocycles. The first-order valence-corrected chi connectivity index (χ1v) is 6.73. The third-order valence-electron chi connectivity index (χ3n) is 3.31. The first kappa shape index (κ1) is 14.5. The van der Waals surface area contributed by atoms with Crippen LogP contribution in [0.2, 0.25) is 0 Å². The van der Waals surface area contributed by atoms with Crippen LogP contribution in [0.25, 0.3) is 6.08 Å². The monoisotopic (exact) mass is 309 g/mol. The van der Waals surface area contributed by atoms with Crippen molar-refractivity contribution in [3.63, 3.8) is 0 Å². The fourth-order valence-electron chi connectivity index (χ4n) is 2.21. The van der Waals surface area contributed by atoms with Crippen LogP contribution in [0.3, 0.4) is 0 Å². The number of hydrogen-bond donors (Lipinski definition) is 1. The molecule has 0 aromatic heterocycles. The molecule has 3 rings (SSSR count). The van der Waals surface area contributed by atoms with Gasteiger partial charge in [0.15, 0.2) is 0 Å². The average Bonchev–Trinajstić information content (AvgIpc) is 2.82. The fraction of sp³-hybridized carbons (Fsp3) is 0. The normalized spacial score (nSPS) is 15.8. The second kappa shape index (κ2) is 5.72. The summed E-state index contributed by atoms with van der Waals surface area (Å²) in [6, 6.07) is 13.7. The second-order valence-electron chi connectivity index (χ2n) is 4.81. The van der Waals surface area contributed by atoms with Crippen molar-refractivity contribution in [2.24, 2.45) is 0 Å². The van der Waals surface area contributed by atoms with Crippen molar-refractivity contribution in [3.05, 3.63) is 76.0 Å². The van der Waals surface area contributed by atoms with Crippen molar-refractivity contribution in [2.75, 3.05) is 4.90 Å². The molecule has 2 aromatic rings. The van der Waals surface area contributed by atoms with E-state index in [1.807, 2.05) is 0 Å². The average molecular weight is 309 g/mol. The van der Waals surface area contributed by atoms with Crippen LogP contribution >= 0.6 is 0 Å². The van der Waals surface area contributed by atoms with E-state index in [9.17, 15) is 19.7 Å². The predicted octanol–water partition coefficient (Wildman–Crippen LogP) is 2.69. The van der Waals surface area contributed by atoms with Gasteiger partial charge >= 0.3 is 6.03 Å². The minimum Gasteiger partial charge on any atom is -0.302 e. The zero-order valence-corrected chi connectivity index (χ0v) is 11.8. The molecule has 0 bridgehead atoms. The van der Waals surface area contributed by atoms with Crippen LogP contribution < -0.4 is 10.2 Å². The SMILES string of the molecule is O=C1NC(=Cc2ccc([N+](=O)[O-])cc2)C(=O)N1c1ccccc1. The highest BCUT2D eigenvalue weighted by Gasteiger charge is 2.34. The smallest absolute Gasteiger partial charge is 0.302 e. The lowest BCUT2D eigenvalue weighted by Crippen LogP contribution is -2.30. The van der Waals surface area contributed by atoms with E-state index in [1.54, 1.807) is 30.3 Å². The maximum absolute atomic E-state index is 12.4. The van der Waals surface area contributed by atoms with E-state index >= 15 is 0 Å². The number of nitro benzene ring substituents is 1. The Kier molecular flexibility index (Phi) is 3.60. The molecule has 7 nitrogen and oxygen atoms in total. The molecule has 1 heterocycles. The summed E-state index contributed by atoms with van der Waals surface area (Å²) in [5, 5.41) is 13.1. The van der Waals surface area contributed by atoms with Crippen molar-refractivity contribution in [1.29, 1.82) is 0 Å². The number of non-ortho nitro benzene ring substituents is 1. The topological polar surface area (TPSA) is 92.5 Å². The zero-order chi connectivity index (χ0) is 16.4. The summed E-state index contributed by atoms with van der Waals surface area (Å²) in [7, 11) is 0. The van der Waals surface area contributed by atoms with Crippen LogP contribution in [0, 0.1) is 10.1 Å². The number of hydrogen-bond acceptors (Lipinski definition) is 4. The van der Waals surface area contributed by atoms with Gasteiger partial charge in [0, 0.05) is 12.1 Å². The summed E-state index contributed by atoms with van der Waals surface area (Å²) in [5.41, 5.74) is 1.13. The molecular weight excluding hydrogens is 298 g/mol. The summed E-state index contributed by atoms with van der Waals surface area (Å²) >= 11 is 0. The Hall–Kier alpha value is -3.48. The highest BCUT2D eigenvalue weighted by molar-refractivity contribution is 6.28. The van der Waals surface area contributed by atoms with Crippen LogP contribution in [-0.4, -0.2) is 16.9 Å². The highest BCUT2D eigenvalue weighted by atomic mass is 16.6. The number of rotatable bonds is 3. The molecule has 1 aliphatic heterocycles. The third-order valence-corrected chi connectivity index (χ3v) is 3.31. The number of para-hydroxylation sites is 1. The quantitative estimate of drug-likeness (QED) is 0.408. The van der Waals surface area contributed by atoms with Gasteiger partial charge in [-0.1, -0.05) is 18.2 Å². The zero-order valence-electron chi connectivity index (χ0n) is 11.8. The van der Waals surface area contributed by atoms with Gasteiger partial charge in [-0.25, -0.2) is 9.69 Å². The van der Waals surface area contributed by atoms with E-state index in [4.69, 9.17) is 0 Å². The van der Waals surface area contributed by atoms with Crippen molar-refractivity contribution in [3.8, 4) is 0 Å². The van der Waals surface area contributed by atoms with Gasteiger partial charge < -0.3 is 5.32 Å². The number of nitro groups is 1. The van der Waals surface area contributed by atoms with Crippen molar-refractivity contribution in [1.82, 2.24) is 5.32 Å². The molecule has 114 valence electrons. The van der Waals surface area contributed by atoms with E-state index in [0.29, 0.717) is 11.3 Å². The number of urea groups is 1. The molecule has 3 amide bonds. The summed E-state index contributed by atoms with van der Waals surface area (Å²) in [6.45, 7) is 0. The minimum atomic E-state index is -0.533. The minimum absolute atomic E-state index is 0.0418. The number of nitrogens with one attached hydrogen (secondary N) is 1. The Morgan fingerprint density at radius 3 is 2.26 bits per heavy atom. The largest absolute Gasteiger partial charge is 0.333 e. The molecule has 23 heavy (non-hydrogen) atoms. The highest BCUT2D eigenvalue weighted by Crippen LogP contribution is 2.22. The van der Waals surface area contributed by atoms with E-state index in [0.717, 1.165) is 4.90 Å². The fourth-order valence-corrected chi connectivity index (χ4v) is 2.21. The van der Waals surface area contributed by atoms with Gasteiger partial charge in [-0.3, -0.25) is 14.9 Å². The second-order valence-corrected chi connectivity index (χ2v) is 4.81. The third kappa shape index (κ3) is 2.80. The lowest BCUT2D eigenvalue weighted by Gasteiger charge is -2.10. The molecule has 1 aliphatic rings. The Morgan fingerprint density at radius 1 is 1.00 bits per heavy atom. The maximum Gasteiger partial charge on any atom is 0.333 e. The number of carbonyl (C=O) groups is 2. The molecule has 0 unspecified atom stereocenters. The molecule has 1 fully saturated rings. The van der Waals surface area contributed by atoms with Crippen LogP contribution in [0.1, 0.15) is 5.56 Å². The van der Waals surface area contributed by atoms with Gasteiger partial charge in [-0.15, -0.1) is 0 Å². The van der Waals surface area contributed by atoms with Gasteiger partial charge in [-0.2, -0.15) is 0 Å². The number of amides is 3. The van der Waals surface area contributed by atoms with Crippen LogP contribution in [0.5, 0.6) is 0 Å². The summed E-state index contributed by atoms with van der Waals surface area (Å²) in [4.78, 5) is 35.5. The van der Waals surface area contributed by atoms with Crippen LogP contribution in [0.4, 0.5) is 16.2 Å². The number of benzene rings is 2. The lowest BCUT2D eigenvalue weighted by molar-refractivity contribution is -0.384. The summed E-state index contributed by atoms with van der Waals surface area (Å²) in [5.74, 6) is -0.473. The molecule has 1 N–H and O–H groups in total. The van der Waals surface area contributed by atoms with Crippen LogP contribution in [0.15, 0.2) is 60.3 Å². The molecule has 1 saturated heterocycles. The first-order valence-electron chi connectivity index (χ1n) is 6.73. The van der Waals surface area contributed by atoms with Crippen molar-refractivity contribution >= 4 is 29.4 Å². The summed E-state index contributed by atoms with van der Waals surface area (Å²) in [6.07, 6.45) is 1.48. The standard InChI is InChI=1S/C16H11N3O4/c20-15-14(10-11-6-8-13(9-7-11)19(22)23)17-16(21)18(15)12-4-2-1-3-5-12/h1-10H,(H,17,21). The number of nitrogens with zero attached hydrogens (tertiary/aromatic N) is 2.